The summed E-state index contributed by atoms with van der Waals surface area (Å²) in [6, 6.07) is 8.99. The van der Waals surface area contributed by atoms with Crippen molar-refractivity contribution in [1.29, 1.82) is 0 Å². The van der Waals surface area contributed by atoms with Crippen LogP contribution in [-0.2, 0) is 10.0 Å². The Kier molecular flexibility index (Phi) is 5.16. The molecule has 0 saturated carbocycles. The van der Waals surface area contributed by atoms with Crippen LogP contribution in [0.1, 0.15) is 6.42 Å². The van der Waals surface area contributed by atoms with Crippen LogP contribution in [-0.4, -0.2) is 43.9 Å². The predicted molar refractivity (Wildman–Crippen MR) is 85.2 cm³/mol. The fraction of sp³-hybridized carbons (Fsp3) is 0.357. The number of hydrogen-bond donors (Lipinski definition) is 1. The van der Waals surface area contributed by atoms with Gasteiger partial charge in [0.1, 0.15) is 4.90 Å². The maximum atomic E-state index is 12.8. The first-order valence-corrected chi connectivity index (χ1v) is 8.18. The van der Waals surface area contributed by atoms with Gasteiger partial charge in [0.2, 0.25) is 10.0 Å². The summed E-state index contributed by atoms with van der Waals surface area (Å²) in [6.45, 7) is 2.61. The molecule has 0 bridgehead atoms. The van der Waals surface area contributed by atoms with E-state index in [-0.39, 0.29) is 12.4 Å². The fourth-order valence-corrected chi connectivity index (χ4v) is 4.13. The molecule has 1 saturated heterocycles. The SMILES string of the molecule is Cl.O=S(=O)(c1cccc2cccnc12)N1CCCNCC1. The van der Waals surface area contributed by atoms with Gasteiger partial charge in [0, 0.05) is 31.2 Å². The second-order valence-corrected chi connectivity index (χ2v) is 6.75. The van der Waals surface area contributed by atoms with Crippen LogP contribution in [0.4, 0.5) is 0 Å². The second kappa shape index (κ2) is 6.70. The maximum absolute atomic E-state index is 12.8. The topological polar surface area (TPSA) is 62.3 Å². The van der Waals surface area contributed by atoms with E-state index >= 15 is 0 Å². The molecule has 1 aliphatic rings. The van der Waals surface area contributed by atoms with Gasteiger partial charge >= 0.3 is 0 Å². The van der Waals surface area contributed by atoms with Crippen molar-refractivity contribution < 1.29 is 8.42 Å². The van der Waals surface area contributed by atoms with Gasteiger partial charge in [0.05, 0.1) is 5.52 Å². The summed E-state index contributed by atoms with van der Waals surface area (Å²) in [5, 5.41) is 4.06. The highest BCUT2D eigenvalue weighted by molar-refractivity contribution is 7.89. The molecule has 0 aliphatic carbocycles. The molecule has 0 spiro atoms. The molecule has 0 amide bonds. The number of nitrogens with zero attached hydrogens (tertiary/aromatic N) is 2. The van der Waals surface area contributed by atoms with E-state index in [0.717, 1.165) is 18.4 Å². The fourth-order valence-electron chi connectivity index (χ4n) is 2.48. The summed E-state index contributed by atoms with van der Waals surface area (Å²) in [7, 11) is -3.48. The standard InChI is InChI=1S/C14H17N3O2S.ClH/c18-20(19,17-10-3-7-15-9-11-17)13-6-1-4-12-5-2-8-16-14(12)13;/h1-2,4-6,8,15H,3,7,9-11H2;1H. The molecule has 114 valence electrons. The quantitative estimate of drug-likeness (QED) is 0.911. The van der Waals surface area contributed by atoms with E-state index in [1.165, 1.54) is 0 Å². The summed E-state index contributed by atoms with van der Waals surface area (Å²) in [6.07, 6.45) is 2.46. The van der Waals surface area contributed by atoms with Crippen molar-refractivity contribution in [3.05, 3.63) is 36.5 Å². The van der Waals surface area contributed by atoms with Crippen molar-refractivity contribution in [1.82, 2.24) is 14.6 Å². The maximum Gasteiger partial charge on any atom is 0.245 e. The lowest BCUT2D eigenvalue weighted by molar-refractivity contribution is 0.432. The Morgan fingerprint density at radius 2 is 1.90 bits per heavy atom. The van der Waals surface area contributed by atoms with Crippen LogP contribution < -0.4 is 5.32 Å². The Morgan fingerprint density at radius 1 is 1.10 bits per heavy atom. The van der Waals surface area contributed by atoms with Crippen LogP contribution >= 0.6 is 12.4 Å². The summed E-state index contributed by atoms with van der Waals surface area (Å²) < 4.78 is 27.2. The number of nitrogens with one attached hydrogen (secondary N) is 1. The van der Waals surface area contributed by atoms with E-state index < -0.39 is 10.0 Å². The molecular weight excluding hydrogens is 310 g/mol. The van der Waals surface area contributed by atoms with Crippen LogP contribution in [0.2, 0.25) is 0 Å². The molecule has 5 nitrogen and oxygen atoms in total. The van der Waals surface area contributed by atoms with Crippen molar-refractivity contribution in [2.75, 3.05) is 26.2 Å². The van der Waals surface area contributed by atoms with Crippen molar-refractivity contribution >= 4 is 33.3 Å². The van der Waals surface area contributed by atoms with Crippen molar-refractivity contribution in [2.24, 2.45) is 0 Å². The predicted octanol–water partition coefficient (Wildman–Crippen LogP) is 1.64. The summed E-state index contributed by atoms with van der Waals surface area (Å²) >= 11 is 0. The molecule has 0 unspecified atom stereocenters. The van der Waals surface area contributed by atoms with Crippen molar-refractivity contribution in [3.8, 4) is 0 Å². The van der Waals surface area contributed by atoms with Gasteiger partial charge in [-0.25, -0.2) is 8.42 Å². The lowest BCUT2D eigenvalue weighted by Crippen LogP contribution is -2.34. The Labute approximate surface area is 130 Å². The largest absolute Gasteiger partial charge is 0.315 e. The minimum atomic E-state index is -3.48. The first kappa shape index (κ1) is 16.2. The molecule has 7 heteroatoms. The summed E-state index contributed by atoms with van der Waals surface area (Å²) in [5.74, 6) is 0. The molecule has 1 aliphatic heterocycles. The molecule has 1 aromatic carbocycles. The zero-order valence-corrected chi connectivity index (χ0v) is 13.2. The van der Waals surface area contributed by atoms with Gasteiger partial charge in [-0.15, -0.1) is 12.4 Å². The monoisotopic (exact) mass is 327 g/mol. The van der Waals surface area contributed by atoms with E-state index in [1.54, 1.807) is 22.6 Å². The lowest BCUT2D eigenvalue weighted by atomic mass is 10.2. The molecule has 21 heavy (non-hydrogen) atoms. The first-order chi connectivity index (χ1) is 9.69. The average Bonchev–Trinajstić information content (AvgIpc) is 2.76. The number of benzene rings is 1. The van der Waals surface area contributed by atoms with E-state index in [4.69, 9.17) is 0 Å². The van der Waals surface area contributed by atoms with Gasteiger partial charge in [-0.05, 0) is 25.1 Å². The van der Waals surface area contributed by atoms with Crippen LogP contribution in [0, 0.1) is 0 Å². The molecule has 1 N–H and O–H groups in total. The number of pyridine rings is 1. The zero-order chi connectivity index (χ0) is 14.0. The summed E-state index contributed by atoms with van der Waals surface area (Å²) in [4.78, 5) is 4.55. The molecule has 2 aromatic rings. The average molecular weight is 328 g/mol. The molecular formula is C14H18ClN3O2S. The molecule has 1 aromatic heterocycles. The van der Waals surface area contributed by atoms with Crippen LogP contribution in [0.3, 0.4) is 0 Å². The molecule has 0 radical (unpaired) electrons. The highest BCUT2D eigenvalue weighted by Gasteiger charge is 2.27. The van der Waals surface area contributed by atoms with Gasteiger partial charge in [0.15, 0.2) is 0 Å². The van der Waals surface area contributed by atoms with E-state index in [0.29, 0.717) is 30.0 Å². The third-order valence-corrected chi connectivity index (χ3v) is 5.44. The van der Waals surface area contributed by atoms with Crippen molar-refractivity contribution in [3.63, 3.8) is 0 Å². The van der Waals surface area contributed by atoms with E-state index in [2.05, 4.69) is 10.3 Å². The highest BCUT2D eigenvalue weighted by atomic mass is 35.5. The van der Waals surface area contributed by atoms with Gasteiger partial charge in [-0.2, -0.15) is 4.31 Å². The number of sulfonamides is 1. The van der Waals surface area contributed by atoms with Crippen LogP contribution in [0.15, 0.2) is 41.4 Å². The number of hydrogen-bond acceptors (Lipinski definition) is 4. The molecule has 3 rings (SSSR count). The Balaban J connectivity index is 0.00000161. The second-order valence-electron chi connectivity index (χ2n) is 4.84. The number of rotatable bonds is 2. The zero-order valence-electron chi connectivity index (χ0n) is 11.5. The Bertz CT molecular complexity index is 708. The Hall–Kier alpha value is -1.21. The van der Waals surface area contributed by atoms with E-state index in [1.807, 2.05) is 18.2 Å². The molecule has 0 atom stereocenters. The van der Waals surface area contributed by atoms with Crippen molar-refractivity contribution in [2.45, 2.75) is 11.3 Å². The number of fused-ring (bicyclic) bond motifs is 1. The smallest absolute Gasteiger partial charge is 0.245 e. The van der Waals surface area contributed by atoms with Gasteiger partial charge in [-0.1, -0.05) is 18.2 Å². The summed E-state index contributed by atoms with van der Waals surface area (Å²) in [5.41, 5.74) is 0.548. The van der Waals surface area contributed by atoms with E-state index in [9.17, 15) is 8.42 Å². The molecule has 1 fully saturated rings. The first-order valence-electron chi connectivity index (χ1n) is 6.74. The minimum Gasteiger partial charge on any atom is -0.315 e. The number of para-hydroxylation sites is 1. The van der Waals surface area contributed by atoms with Crippen LogP contribution in [0.25, 0.3) is 10.9 Å². The number of halogens is 1. The van der Waals surface area contributed by atoms with Gasteiger partial charge in [-0.3, -0.25) is 4.98 Å². The third kappa shape index (κ3) is 3.18. The lowest BCUT2D eigenvalue weighted by Gasteiger charge is -2.20. The third-order valence-electron chi connectivity index (χ3n) is 3.51. The van der Waals surface area contributed by atoms with Gasteiger partial charge in [0.25, 0.3) is 0 Å². The Morgan fingerprint density at radius 3 is 2.76 bits per heavy atom. The number of aromatic nitrogens is 1. The minimum absolute atomic E-state index is 0. The van der Waals surface area contributed by atoms with Crippen LogP contribution in [0.5, 0.6) is 0 Å². The van der Waals surface area contributed by atoms with Gasteiger partial charge < -0.3 is 5.32 Å². The normalized spacial score (nSPS) is 17.1. The molecule has 2 heterocycles. The highest BCUT2D eigenvalue weighted by Crippen LogP contribution is 2.24.